The quantitative estimate of drug-likeness (QED) is 0.783. The summed E-state index contributed by atoms with van der Waals surface area (Å²) >= 11 is 0. The van der Waals surface area contributed by atoms with Crippen molar-refractivity contribution in [3.63, 3.8) is 0 Å². The third kappa shape index (κ3) is 2.92. The molecule has 3 rings (SSSR count). The van der Waals surface area contributed by atoms with Crippen LogP contribution in [-0.4, -0.2) is 38.3 Å². The number of ether oxygens (including phenoxy) is 1. The van der Waals surface area contributed by atoms with E-state index in [2.05, 4.69) is 10.6 Å². The Morgan fingerprint density at radius 3 is 2.71 bits per heavy atom. The second-order valence-corrected chi connectivity index (χ2v) is 5.44. The SMILES string of the molecule is Cl.O=C(NCC1(C2CC2)CC1)C1COCCN1. The molecule has 0 aromatic carbocycles. The van der Waals surface area contributed by atoms with Crippen LogP contribution in [0, 0.1) is 11.3 Å². The molecule has 2 N–H and O–H groups in total. The molecule has 0 aromatic heterocycles. The summed E-state index contributed by atoms with van der Waals surface area (Å²) in [7, 11) is 0. The summed E-state index contributed by atoms with van der Waals surface area (Å²) in [5, 5.41) is 6.28. The van der Waals surface area contributed by atoms with E-state index < -0.39 is 0 Å². The van der Waals surface area contributed by atoms with Gasteiger partial charge in [-0.2, -0.15) is 0 Å². The predicted molar refractivity (Wildman–Crippen MR) is 67.3 cm³/mol. The minimum Gasteiger partial charge on any atom is -0.378 e. The number of morpholine rings is 1. The van der Waals surface area contributed by atoms with Gasteiger partial charge in [0, 0.05) is 13.1 Å². The molecule has 1 atom stereocenters. The molecule has 3 fully saturated rings. The second kappa shape index (κ2) is 5.12. The van der Waals surface area contributed by atoms with Crippen LogP contribution < -0.4 is 10.6 Å². The second-order valence-electron chi connectivity index (χ2n) is 5.44. The summed E-state index contributed by atoms with van der Waals surface area (Å²) in [6, 6.07) is -0.135. The van der Waals surface area contributed by atoms with Crippen molar-refractivity contribution in [1.82, 2.24) is 10.6 Å². The standard InChI is InChI=1S/C12H20N2O2.ClH/c15-11(10-7-16-6-5-13-10)14-8-12(3-4-12)9-1-2-9;/h9-10,13H,1-8H2,(H,14,15);1H. The fourth-order valence-corrected chi connectivity index (χ4v) is 2.71. The molecule has 0 bridgehead atoms. The Bertz CT molecular complexity index is 284. The molecule has 1 aliphatic heterocycles. The van der Waals surface area contributed by atoms with Crippen molar-refractivity contribution < 1.29 is 9.53 Å². The summed E-state index contributed by atoms with van der Waals surface area (Å²) in [6.07, 6.45) is 5.38. The van der Waals surface area contributed by atoms with Crippen LogP contribution >= 0.6 is 12.4 Å². The summed E-state index contributed by atoms with van der Waals surface area (Å²) < 4.78 is 5.29. The summed E-state index contributed by atoms with van der Waals surface area (Å²) in [5.41, 5.74) is 0.491. The van der Waals surface area contributed by atoms with Gasteiger partial charge in [-0.15, -0.1) is 12.4 Å². The van der Waals surface area contributed by atoms with Crippen molar-refractivity contribution >= 4 is 18.3 Å². The van der Waals surface area contributed by atoms with Crippen LogP contribution in [0.5, 0.6) is 0 Å². The van der Waals surface area contributed by atoms with Crippen molar-refractivity contribution in [3.8, 4) is 0 Å². The van der Waals surface area contributed by atoms with Crippen molar-refractivity contribution in [2.75, 3.05) is 26.3 Å². The van der Waals surface area contributed by atoms with E-state index in [1.165, 1.54) is 25.7 Å². The first-order valence-corrected chi connectivity index (χ1v) is 6.39. The van der Waals surface area contributed by atoms with Crippen LogP contribution in [0.3, 0.4) is 0 Å². The van der Waals surface area contributed by atoms with Crippen LogP contribution in [0.25, 0.3) is 0 Å². The van der Waals surface area contributed by atoms with Crippen LogP contribution in [0.1, 0.15) is 25.7 Å². The molecule has 98 valence electrons. The van der Waals surface area contributed by atoms with E-state index in [4.69, 9.17) is 4.74 Å². The third-order valence-electron chi connectivity index (χ3n) is 4.19. The van der Waals surface area contributed by atoms with E-state index in [0.29, 0.717) is 12.0 Å². The lowest BCUT2D eigenvalue weighted by Crippen LogP contribution is -2.52. The highest BCUT2D eigenvalue weighted by molar-refractivity contribution is 5.85. The molecule has 1 amide bonds. The van der Waals surface area contributed by atoms with Gasteiger partial charge in [0.25, 0.3) is 0 Å². The van der Waals surface area contributed by atoms with Crippen LogP contribution in [-0.2, 0) is 9.53 Å². The molecule has 0 aromatic rings. The molecule has 1 heterocycles. The van der Waals surface area contributed by atoms with E-state index >= 15 is 0 Å². The van der Waals surface area contributed by atoms with Crippen LogP contribution in [0.4, 0.5) is 0 Å². The maximum atomic E-state index is 11.9. The zero-order valence-electron chi connectivity index (χ0n) is 10.0. The lowest BCUT2D eigenvalue weighted by Gasteiger charge is -2.24. The zero-order valence-corrected chi connectivity index (χ0v) is 10.9. The Morgan fingerprint density at radius 1 is 1.41 bits per heavy atom. The summed E-state index contributed by atoms with van der Waals surface area (Å²) in [4.78, 5) is 11.9. The Kier molecular flexibility index (Phi) is 3.95. The normalized spacial score (nSPS) is 30.2. The predicted octanol–water partition coefficient (Wildman–Crippen LogP) is 0.703. The van der Waals surface area contributed by atoms with Crippen molar-refractivity contribution in [2.45, 2.75) is 31.7 Å². The number of hydrogen-bond acceptors (Lipinski definition) is 3. The highest BCUT2D eigenvalue weighted by atomic mass is 35.5. The number of carbonyl (C=O) groups is 1. The average Bonchev–Trinajstić information content (AvgIpc) is 3.17. The lowest BCUT2D eigenvalue weighted by molar-refractivity contribution is -0.126. The van der Waals surface area contributed by atoms with Gasteiger partial charge in [0.1, 0.15) is 6.04 Å². The largest absolute Gasteiger partial charge is 0.378 e. The first-order valence-electron chi connectivity index (χ1n) is 6.39. The van der Waals surface area contributed by atoms with Gasteiger partial charge >= 0.3 is 0 Å². The number of hydrogen-bond donors (Lipinski definition) is 2. The molecule has 2 aliphatic carbocycles. The number of halogens is 1. The topological polar surface area (TPSA) is 50.4 Å². The zero-order chi connectivity index (χ0) is 11.0. The molecule has 3 aliphatic rings. The Morgan fingerprint density at radius 2 is 2.18 bits per heavy atom. The van der Waals surface area contributed by atoms with Gasteiger partial charge in [-0.1, -0.05) is 0 Å². The van der Waals surface area contributed by atoms with Crippen LogP contribution in [0.2, 0.25) is 0 Å². The fourth-order valence-electron chi connectivity index (χ4n) is 2.71. The van der Waals surface area contributed by atoms with Gasteiger partial charge < -0.3 is 15.4 Å². The van der Waals surface area contributed by atoms with Gasteiger partial charge in [0.15, 0.2) is 0 Å². The number of amides is 1. The minimum absolute atomic E-state index is 0. The highest BCUT2D eigenvalue weighted by Crippen LogP contribution is 2.60. The Labute approximate surface area is 108 Å². The molecule has 2 saturated carbocycles. The van der Waals surface area contributed by atoms with Crippen molar-refractivity contribution in [1.29, 1.82) is 0 Å². The molecular weight excluding hydrogens is 240 g/mol. The van der Waals surface area contributed by atoms with Gasteiger partial charge in [-0.05, 0) is 37.0 Å². The molecule has 1 unspecified atom stereocenters. The third-order valence-corrected chi connectivity index (χ3v) is 4.19. The fraction of sp³-hybridized carbons (Fsp3) is 0.917. The Balaban J connectivity index is 0.00000108. The first-order chi connectivity index (χ1) is 7.80. The van der Waals surface area contributed by atoms with Crippen molar-refractivity contribution in [2.24, 2.45) is 11.3 Å². The summed E-state index contributed by atoms with van der Waals surface area (Å²) in [6.45, 7) is 2.90. The molecule has 0 spiro atoms. The van der Waals surface area contributed by atoms with E-state index in [0.717, 1.165) is 25.6 Å². The monoisotopic (exact) mass is 260 g/mol. The molecule has 1 saturated heterocycles. The van der Waals surface area contributed by atoms with Crippen molar-refractivity contribution in [3.05, 3.63) is 0 Å². The van der Waals surface area contributed by atoms with E-state index in [1.54, 1.807) is 0 Å². The van der Waals surface area contributed by atoms with E-state index in [9.17, 15) is 4.79 Å². The van der Waals surface area contributed by atoms with E-state index in [-0.39, 0.29) is 24.4 Å². The van der Waals surface area contributed by atoms with Gasteiger partial charge in [-0.25, -0.2) is 0 Å². The maximum Gasteiger partial charge on any atom is 0.239 e. The maximum absolute atomic E-state index is 11.9. The summed E-state index contributed by atoms with van der Waals surface area (Å²) in [5.74, 6) is 1.02. The average molecular weight is 261 g/mol. The molecular formula is C12H21ClN2O2. The lowest BCUT2D eigenvalue weighted by atomic mass is 10.0. The number of rotatable bonds is 4. The van der Waals surface area contributed by atoms with E-state index in [1.807, 2.05) is 0 Å². The molecule has 0 radical (unpaired) electrons. The molecule has 4 nitrogen and oxygen atoms in total. The highest BCUT2D eigenvalue weighted by Gasteiger charge is 2.53. The number of nitrogens with one attached hydrogen (secondary N) is 2. The smallest absolute Gasteiger partial charge is 0.239 e. The van der Waals surface area contributed by atoms with Gasteiger partial charge in [0.2, 0.25) is 5.91 Å². The van der Waals surface area contributed by atoms with Gasteiger partial charge in [-0.3, -0.25) is 4.79 Å². The van der Waals surface area contributed by atoms with Crippen LogP contribution in [0.15, 0.2) is 0 Å². The minimum atomic E-state index is -0.135. The molecule has 5 heteroatoms. The molecule has 17 heavy (non-hydrogen) atoms. The number of carbonyl (C=O) groups excluding carboxylic acids is 1. The van der Waals surface area contributed by atoms with Gasteiger partial charge in [0.05, 0.1) is 13.2 Å². The first kappa shape index (κ1) is 13.1. The Hall–Kier alpha value is -0.320.